The number of piperidine rings is 1. The summed E-state index contributed by atoms with van der Waals surface area (Å²) in [5, 5.41) is 0. The minimum atomic E-state index is 0.931. The molecule has 16 heavy (non-hydrogen) atoms. The zero-order valence-corrected chi connectivity index (χ0v) is 10.5. The SMILES string of the molecule is C1CCC(N2CCC(N3CCCC3)CC2)C1. The van der Waals surface area contributed by atoms with E-state index in [0.717, 1.165) is 12.1 Å². The molecule has 0 unspecified atom stereocenters. The average Bonchev–Trinajstić information content (AvgIpc) is 3.03. The molecule has 0 aromatic rings. The van der Waals surface area contributed by atoms with Gasteiger partial charge in [-0.15, -0.1) is 0 Å². The fourth-order valence-electron chi connectivity index (χ4n) is 3.99. The highest BCUT2D eigenvalue weighted by molar-refractivity contribution is 4.86. The lowest BCUT2D eigenvalue weighted by Crippen LogP contribution is -2.46. The van der Waals surface area contributed by atoms with Gasteiger partial charge in [0.2, 0.25) is 0 Å². The maximum atomic E-state index is 2.79. The van der Waals surface area contributed by atoms with Crippen molar-refractivity contribution < 1.29 is 0 Å². The van der Waals surface area contributed by atoms with Gasteiger partial charge in [-0.2, -0.15) is 0 Å². The third-order valence-electron chi connectivity index (χ3n) is 5.00. The predicted molar refractivity (Wildman–Crippen MR) is 67.7 cm³/mol. The van der Waals surface area contributed by atoms with Crippen molar-refractivity contribution in [2.75, 3.05) is 26.2 Å². The fraction of sp³-hybridized carbons (Fsp3) is 1.00. The highest BCUT2D eigenvalue weighted by atomic mass is 15.2. The highest BCUT2D eigenvalue weighted by Gasteiger charge is 2.30. The maximum absolute atomic E-state index is 2.79. The number of likely N-dealkylation sites (tertiary alicyclic amines) is 2. The Morgan fingerprint density at radius 1 is 0.500 bits per heavy atom. The molecular formula is C14H26N2. The minimum absolute atomic E-state index is 0.931. The molecule has 0 atom stereocenters. The molecule has 3 fully saturated rings. The Kier molecular flexibility index (Phi) is 3.49. The van der Waals surface area contributed by atoms with Crippen LogP contribution in [0.15, 0.2) is 0 Å². The van der Waals surface area contributed by atoms with Crippen LogP contribution in [0.25, 0.3) is 0 Å². The van der Waals surface area contributed by atoms with Crippen LogP contribution in [-0.2, 0) is 0 Å². The van der Waals surface area contributed by atoms with Gasteiger partial charge >= 0.3 is 0 Å². The summed E-state index contributed by atoms with van der Waals surface area (Å²) in [6, 6.07) is 1.89. The number of hydrogen-bond donors (Lipinski definition) is 0. The van der Waals surface area contributed by atoms with Crippen LogP contribution in [0.5, 0.6) is 0 Å². The van der Waals surface area contributed by atoms with E-state index in [-0.39, 0.29) is 0 Å². The summed E-state index contributed by atoms with van der Waals surface area (Å²) in [6.07, 6.45) is 11.7. The van der Waals surface area contributed by atoms with Crippen LogP contribution in [0.4, 0.5) is 0 Å². The predicted octanol–water partition coefficient (Wildman–Crippen LogP) is 2.49. The minimum Gasteiger partial charge on any atom is -0.300 e. The van der Waals surface area contributed by atoms with E-state index < -0.39 is 0 Å². The van der Waals surface area contributed by atoms with Crippen LogP contribution in [0, 0.1) is 0 Å². The van der Waals surface area contributed by atoms with Gasteiger partial charge in [0.05, 0.1) is 0 Å². The van der Waals surface area contributed by atoms with Crippen LogP contribution in [0.1, 0.15) is 51.4 Å². The van der Waals surface area contributed by atoms with E-state index in [2.05, 4.69) is 9.80 Å². The second-order valence-corrected chi connectivity index (χ2v) is 5.95. The number of nitrogens with zero attached hydrogens (tertiary/aromatic N) is 2. The molecule has 2 heterocycles. The molecular weight excluding hydrogens is 196 g/mol. The molecule has 0 spiro atoms. The molecule has 2 aliphatic heterocycles. The Hall–Kier alpha value is -0.0800. The smallest absolute Gasteiger partial charge is 0.0120 e. The van der Waals surface area contributed by atoms with Gasteiger partial charge in [0.1, 0.15) is 0 Å². The zero-order valence-electron chi connectivity index (χ0n) is 10.5. The van der Waals surface area contributed by atoms with Crippen LogP contribution in [-0.4, -0.2) is 48.1 Å². The number of hydrogen-bond acceptors (Lipinski definition) is 2. The summed E-state index contributed by atoms with van der Waals surface area (Å²) >= 11 is 0. The van der Waals surface area contributed by atoms with E-state index in [1.54, 1.807) is 0 Å². The van der Waals surface area contributed by atoms with E-state index in [9.17, 15) is 0 Å². The normalized spacial score (nSPS) is 31.5. The molecule has 0 amide bonds. The molecule has 0 bridgehead atoms. The monoisotopic (exact) mass is 222 g/mol. The van der Waals surface area contributed by atoms with E-state index in [1.165, 1.54) is 77.5 Å². The highest BCUT2D eigenvalue weighted by Crippen LogP contribution is 2.28. The van der Waals surface area contributed by atoms with Gasteiger partial charge in [-0.3, -0.25) is 0 Å². The van der Waals surface area contributed by atoms with Gasteiger partial charge in [-0.1, -0.05) is 12.8 Å². The quantitative estimate of drug-likeness (QED) is 0.708. The van der Waals surface area contributed by atoms with Crippen molar-refractivity contribution in [2.24, 2.45) is 0 Å². The molecule has 0 aromatic carbocycles. The average molecular weight is 222 g/mol. The van der Waals surface area contributed by atoms with Crippen molar-refractivity contribution in [2.45, 2.75) is 63.5 Å². The lowest BCUT2D eigenvalue weighted by atomic mass is 10.0. The van der Waals surface area contributed by atoms with Gasteiger partial charge in [-0.25, -0.2) is 0 Å². The van der Waals surface area contributed by atoms with E-state index in [1.807, 2.05) is 0 Å². The summed E-state index contributed by atoms with van der Waals surface area (Å²) in [7, 11) is 0. The van der Waals surface area contributed by atoms with Crippen LogP contribution in [0.3, 0.4) is 0 Å². The first-order chi connectivity index (χ1) is 7.93. The van der Waals surface area contributed by atoms with Crippen molar-refractivity contribution in [3.05, 3.63) is 0 Å². The molecule has 2 nitrogen and oxygen atoms in total. The summed E-state index contributed by atoms with van der Waals surface area (Å²) in [5.41, 5.74) is 0. The van der Waals surface area contributed by atoms with Crippen LogP contribution < -0.4 is 0 Å². The molecule has 2 heteroatoms. The molecule has 2 saturated heterocycles. The van der Waals surface area contributed by atoms with Gasteiger partial charge in [0.15, 0.2) is 0 Å². The molecule has 0 aromatic heterocycles. The van der Waals surface area contributed by atoms with E-state index in [4.69, 9.17) is 0 Å². The summed E-state index contributed by atoms with van der Waals surface area (Å²) in [6.45, 7) is 5.53. The van der Waals surface area contributed by atoms with Gasteiger partial charge in [0, 0.05) is 12.1 Å². The van der Waals surface area contributed by atoms with Gasteiger partial charge in [-0.05, 0) is 64.7 Å². The molecule has 0 N–H and O–H groups in total. The second kappa shape index (κ2) is 5.05. The molecule has 0 radical (unpaired) electrons. The van der Waals surface area contributed by atoms with E-state index in [0.29, 0.717) is 0 Å². The Labute approximate surface area is 100.0 Å². The first kappa shape index (κ1) is 11.0. The standard InChI is InChI=1S/C14H26N2/c1-2-6-13(5-1)16-11-7-14(8-12-16)15-9-3-4-10-15/h13-14H,1-12H2. The van der Waals surface area contributed by atoms with Crippen molar-refractivity contribution in [3.8, 4) is 0 Å². The van der Waals surface area contributed by atoms with Crippen molar-refractivity contribution in [1.82, 2.24) is 9.80 Å². The lowest BCUT2D eigenvalue weighted by Gasteiger charge is -2.39. The Balaban J connectivity index is 1.47. The zero-order chi connectivity index (χ0) is 10.8. The molecule has 3 rings (SSSR count). The fourth-order valence-corrected chi connectivity index (χ4v) is 3.99. The summed E-state index contributed by atoms with van der Waals surface area (Å²) < 4.78 is 0. The Bertz CT molecular complexity index is 185. The first-order valence-corrected chi connectivity index (χ1v) is 7.41. The third-order valence-corrected chi connectivity index (χ3v) is 5.00. The maximum Gasteiger partial charge on any atom is 0.0120 e. The van der Waals surface area contributed by atoms with Crippen LogP contribution in [0.2, 0.25) is 0 Å². The summed E-state index contributed by atoms with van der Waals surface area (Å²) in [4.78, 5) is 5.55. The van der Waals surface area contributed by atoms with E-state index >= 15 is 0 Å². The topological polar surface area (TPSA) is 6.48 Å². The molecule has 3 aliphatic rings. The molecule has 1 saturated carbocycles. The first-order valence-electron chi connectivity index (χ1n) is 7.41. The van der Waals surface area contributed by atoms with Crippen molar-refractivity contribution >= 4 is 0 Å². The van der Waals surface area contributed by atoms with Crippen molar-refractivity contribution in [3.63, 3.8) is 0 Å². The van der Waals surface area contributed by atoms with Gasteiger partial charge < -0.3 is 9.80 Å². The van der Waals surface area contributed by atoms with Gasteiger partial charge in [0.25, 0.3) is 0 Å². The number of rotatable bonds is 2. The van der Waals surface area contributed by atoms with Crippen molar-refractivity contribution in [1.29, 1.82) is 0 Å². The molecule has 1 aliphatic carbocycles. The second-order valence-electron chi connectivity index (χ2n) is 5.95. The lowest BCUT2D eigenvalue weighted by molar-refractivity contribution is 0.0977. The third kappa shape index (κ3) is 2.28. The molecule has 92 valence electrons. The largest absolute Gasteiger partial charge is 0.300 e. The Morgan fingerprint density at radius 2 is 1.00 bits per heavy atom. The summed E-state index contributed by atoms with van der Waals surface area (Å²) in [5.74, 6) is 0. The Morgan fingerprint density at radius 3 is 1.62 bits per heavy atom. The van der Waals surface area contributed by atoms with Crippen LogP contribution >= 0.6 is 0 Å².